The Balaban J connectivity index is 1.75. The van der Waals surface area contributed by atoms with Crippen LogP contribution in [-0.4, -0.2) is 26.5 Å². The van der Waals surface area contributed by atoms with E-state index in [-0.39, 0.29) is 17.9 Å². The van der Waals surface area contributed by atoms with Gasteiger partial charge in [0.05, 0.1) is 12.4 Å². The molecule has 0 aromatic carbocycles. The van der Waals surface area contributed by atoms with Gasteiger partial charge < -0.3 is 4.57 Å². The number of hydrazone groups is 1. The van der Waals surface area contributed by atoms with Crippen LogP contribution < -0.4 is 5.43 Å². The molecule has 0 radical (unpaired) electrons. The van der Waals surface area contributed by atoms with Gasteiger partial charge in [0.15, 0.2) is 0 Å². The van der Waals surface area contributed by atoms with Crippen molar-refractivity contribution < 1.29 is 4.79 Å². The first kappa shape index (κ1) is 18.4. The molecule has 3 rings (SSSR count). The van der Waals surface area contributed by atoms with Crippen molar-refractivity contribution in [1.82, 2.24) is 19.8 Å². The Labute approximate surface area is 155 Å². The van der Waals surface area contributed by atoms with Crippen molar-refractivity contribution >= 4 is 12.1 Å². The lowest BCUT2D eigenvalue weighted by Crippen LogP contribution is -2.28. The van der Waals surface area contributed by atoms with Crippen LogP contribution in [0.4, 0.5) is 0 Å². The molecule has 1 amide bonds. The number of rotatable bonds is 5. The number of carbonyl (C=O) groups excluding carboxylic acids is 1. The molecule has 0 atom stereocenters. The minimum Gasteiger partial charge on any atom is -0.303 e. The fourth-order valence-corrected chi connectivity index (χ4v) is 3.77. The fraction of sp³-hybridized carbons (Fsp3) is 0.550. The first-order valence-corrected chi connectivity index (χ1v) is 9.54. The second kappa shape index (κ2) is 7.89. The van der Waals surface area contributed by atoms with Gasteiger partial charge in [0, 0.05) is 35.0 Å². The Morgan fingerprint density at radius 2 is 2.04 bits per heavy atom. The maximum absolute atomic E-state index is 12.2. The van der Waals surface area contributed by atoms with Gasteiger partial charge in [0.2, 0.25) is 5.91 Å². The highest BCUT2D eigenvalue weighted by atomic mass is 16.2. The molecule has 0 unspecified atom stereocenters. The van der Waals surface area contributed by atoms with Gasteiger partial charge in [-0.05, 0) is 46.6 Å². The van der Waals surface area contributed by atoms with E-state index in [4.69, 9.17) is 0 Å². The third-order valence-electron chi connectivity index (χ3n) is 5.19. The van der Waals surface area contributed by atoms with Crippen LogP contribution in [0.15, 0.2) is 23.4 Å². The number of hydrogen-bond donors (Lipinski definition) is 1. The first-order chi connectivity index (χ1) is 12.5. The molecule has 1 aliphatic carbocycles. The fourth-order valence-electron chi connectivity index (χ4n) is 3.77. The van der Waals surface area contributed by atoms with Crippen molar-refractivity contribution in [2.45, 2.75) is 65.8 Å². The number of nitrogens with zero attached hydrogens (tertiary/aromatic N) is 4. The molecular weight excluding hydrogens is 326 g/mol. The minimum atomic E-state index is 0.0487. The predicted molar refractivity (Wildman–Crippen MR) is 104 cm³/mol. The largest absolute Gasteiger partial charge is 0.303 e. The molecule has 6 heteroatoms. The van der Waals surface area contributed by atoms with Crippen molar-refractivity contribution in [1.29, 1.82) is 0 Å². The van der Waals surface area contributed by atoms with Crippen LogP contribution in [0.25, 0.3) is 5.82 Å². The zero-order chi connectivity index (χ0) is 18.7. The Kier molecular flexibility index (Phi) is 5.59. The second-order valence-electron chi connectivity index (χ2n) is 7.46. The number of carbonyl (C=O) groups is 1. The molecule has 0 bridgehead atoms. The smallest absolute Gasteiger partial charge is 0.243 e. The monoisotopic (exact) mass is 355 g/mol. The van der Waals surface area contributed by atoms with Gasteiger partial charge in [0.1, 0.15) is 5.82 Å². The van der Waals surface area contributed by atoms with E-state index >= 15 is 0 Å². The van der Waals surface area contributed by atoms with Crippen molar-refractivity contribution in [3.05, 3.63) is 35.3 Å². The standard InChI is InChI=1S/C20H29N5O/c1-14(2)25-19(10-11-22-25)24-15(3)12-18(16(24)4)13-21-23-20(26)17-8-6-5-7-9-17/h10-14,17H,5-9H2,1-4H3,(H,23,26)/b21-13-. The van der Waals surface area contributed by atoms with Crippen LogP contribution in [0, 0.1) is 19.8 Å². The Bertz CT molecular complexity index is 793. The molecule has 0 saturated heterocycles. The van der Waals surface area contributed by atoms with E-state index in [1.807, 2.05) is 16.9 Å². The van der Waals surface area contributed by atoms with Crippen molar-refractivity contribution in [3.8, 4) is 5.82 Å². The van der Waals surface area contributed by atoms with Crippen LogP contribution in [0.1, 0.15) is 68.9 Å². The van der Waals surface area contributed by atoms with Crippen LogP contribution in [0.5, 0.6) is 0 Å². The van der Waals surface area contributed by atoms with Crippen LogP contribution in [-0.2, 0) is 4.79 Å². The zero-order valence-corrected chi connectivity index (χ0v) is 16.2. The summed E-state index contributed by atoms with van der Waals surface area (Å²) in [5.41, 5.74) is 5.93. The summed E-state index contributed by atoms with van der Waals surface area (Å²) in [6.07, 6.45) is 9.07. The molecule has 0 aliphatic heterocycles. The summed E-state index contributed by atoms with van der Waals surface area (Å²) in [5.74, 6) is 1.21. The highest BCUT2D eigenvalue weighted by Crippen LogP contribution is 2.24. The summed E-state index contributed by atoms with van der Waals surface area (Å²) < 4.78 is 4.18. The summed E-state index contributed by atoms with van der Waals surface area (Å²) in [6, 6.07) is 4.39. The van der Waals surface area contributed by atoms with E-state index in [2.05, 4.69) is 54.0 Å². The van der Waals surface area contributed by atoms with Crippen LogP contribution in [0.3, 0.4) is 0 Å². The van der Waals surface area contributed by atoms with E-state index in [9.17, 15) is 4.79 Å². The lowest BCUT2D eigenvalue weighted by atomic mass is 9.89. The van der Waals surface area contributed by atoms with Gasteiger partial charge in [-0.1, -0.05) is 19.3 Å². The van der Waals surface area contributed by atoms with Crippen molar-refractivity contribution in [2.75, 3.05) is 0 Å². The second-order valence-corrected chi connectivity index (χ2v) is 7.46. The molecule has 1 N–H and O–H groups in total. The molecule has 26 heavy (non-hydrogen) atoms. The summed E-state index contributed by atoms with van der Waals surface area (Å²) in [4.78, 5) is 12.2. The number of amides is 1. The summed E-state index contributed by atoms with van der Waals surface area (Å²) in [5, 5.41) is 8.64. The molecule has 2 aromatic rings. The summed E-state index contributed by atoms with van der Waals surface area (Å²) >= 11 is 0. The van der Waals surface area contributed by atoms with E-state index in [1.165, 1.54) is 6.42 Å². The highest BCUT2D eigenvalue weighted by molar-refractivity contribution is 5.84. The first-order valence-electron chi connectivity index (χ1n) is 9.54. The van der Waals surface area contributed by atoms with Gasteiger partial charge in [-0.15, -0.1) is 0 Å². The van der Waals surface area contributed by atoms with Crippen molar-refractivity contribution in [3.63, 3.8) is 0 Å². The van der Waals surface area contributed by atoms with E-state index in [0.717, 1.165) is 48.5 Å². The Morgan fingerprint density at radius 1 is 1.31 bits per heavy atom. The van der Waals surface area contributed by atoms with E-state index < -0.39 is 0 Å². The average molecular weight is 355 g/mol. The predicted octanol–water partition coefficient (Wildman–Crippen LogP) is 3.90. The zero-order valence-electron chi connectivity index (χ0n) is 16.2. The minimum absolute atomic E-state index is 0.0487. The maximum Gasteiger partial charge on any atom is 0.243 e. The van der Waals surface area contributed by atoms with E-state index in [1.54, 1.807) is 6.21 Å². The van der Waals surface area contributed by atoms with Crippen LogP contribution in [0.2, 0.25) is 0 Å². The van der Waals surface area contributed by atoms with E-state index in [0.29, 0.717) is 0 Å². The lowest BCUT2D eigenvalue weighted by Gasteiger charge is -2.19. The Morgan fingerprint density at radius 3 is 2.73 bits per heavy atom. The molecular formula is C20H29N5O. The number of aromatic nitrogens is 3. The molecule has 1 fully saturated rings. The van der Waals surface area contributed by atoms with Crippen molar-refractivity contribution in [2.24, 2.45) is 11.0 Å². The van der Waals surface area contributed by atoms with Gasteiger partial charge in [0.25, 0.3) is 0 Å². The summed E-state index contributed by atoms with van der Waals surface area (Å²) in [7, 11) is 0. The molecule has 2 aromatic heterocycles. The van der Waals surface area contributed by atoms with Gasteiger partial charge in [-0.25, -0.2) is 10.1 Å². The lowest BCUT2D eigenvalue weighted by molar-refractivity contribution is -0.125. The SMILES string of the molecule is Cc1cc(/C=N\NC(=O)C2CCCCC2)c(C)n1-c1ccnn1C(C)C. The molecule has 1 saturated carbocycles. The molecule has 0 spiro atoms. The average Bonchev–Trinajstić information content (AvgIpc) is 3.20. The molecule has 1 aliphatic rings. The normalized spacial score (nSPS) is 15.9. The highest BCUT2D eigenvalue weighted by Gasteiger charge is 2.20. The van der Waals surface area contributed by atoms with Gasteiger partial charge in [-0.2, -0.15) is 10.2 Å². The van der Waals surface area contributed by atoms with Gasteiger partial charge >= 0.3 is 0 Å². The Hall–Kier alpha value is -2.37. The number of aryl methyl sites for hydroxylation is 1. The number of nitrogens with one attached hydrogen (secondary N) is 1. The maximum atomic E-state index is 12.2. The third kappa shape index (κ3) is 3.74. The molecule has 140 valence electrons. The number of hydrogen-bond acceptors (Lipinski definition) is 3. The quantitative estimate of drug-likeness (QED) is 0.653. The summed E-state index contributed by atoms with van der Waals surface area (Å²) in [6.45, 7) is 8.37. The van der Waals surface area contributed by atoms with Crippen LogP contribution >= 0.6 is 0 Å². The topological polar surface area (TPSA) is 64.2 Å². The third-order valence-corrected chi connectivity index (χ3v) is 5.19. The molecule has 2 heterocycles. The van der Waals surface area contributed by atoms with Gasteiger partial charge in [-0.3, -0.25) is 4.79 Å². The molecule has 6 nitrogen and oxygen atoms in total.